The van der Waals surface area contributed by atoms with Gasteiger partial charge in [-0.3, -0.25) is 0 Å². The van der Waals surface area contributed by atoms with Crippen LogP contribution < -0.4 is 14.3 Å². The van der Waals surface area contributed by atoms with Crippen molar-refractivity contribution in [1.82, 2.24) is 15.2 Å². The van der Waals surface area contributed by atoms with Crippen LogP contribution >= 0.6 is 0 Å². The molecule has 0 amide bonds. The summed E-state index contributed by atoms with van der Waals surface area (Å²) in [5.74, 6) is 1.48. The van der Waals surface area contributed by atoms with E-state index in [9.17, 15) is 8.42 Å². The maximum absolute atomic E-state index is 11.7. The summed E-state index contributed by atoms with van der Waals surface area (Å²) in [6.07, 6.45) is 1.15. The van der Waals surface area contributed by atoms with Crippen molar-refractivity contribution in [2.24, 2.45) is 0 Å². The van der Waals surface area contributed by atoms with Crippen LogP contribution in [0, 0.1) is 0 Å². The molecule has 26 heavy (non-hydrogen) atoms. The fourth-order valence-corrected chi connectivity index (χ4v) is 2.93. The first-order chi connectivity index (χ1) is 12.5. The normalized spacial score (nSPS) is 11.5. The van der Waals surface area contributed by atoms with Crippen LogP contribution in [0.2, 0.25) is 0 Å². The van der Waals surface area contributed by atoms with Crippen molar-refractivity contribution in [2.45, 2.75) is 11.8 Å². The maximum Gasteiger partial charge on any atom is 0.175 e. The monoisotopic (exact) mass is 377 g/mol. The van der Waals surface area contributed by atoms with Crippen molar-refractivity contribution >= 4 is 20.9 Å². The SMILES string of the molecule is CCOc1ccc(OCCOn2nnc3ccc(S(C)(=O)=O)cc32)cc1. The third-order valence-electron chi connectivity index (χ3n) is 3.52. The second-order valence-electron chi connectivity index (χ2n) is 5.47. The average molecular weight is 377 g/mol. The first kappa shape index (κ1) is 18.0. The fraction of sp³-hybridized carbons (Fsp3) is 0.294. The van der Waals surface area contributed by atoms with Gasteiger partial charge in [0, 0.05) is 6.26 Å². The Morgan fingerprint density at radius 3 is 2.35 bits per heavy atom. The molecule has 0 N–H and O–H groups in total. The standard InChI is InChI=1S/C17H19N3O5S/c1-3-23-13-4-6-14(7-5-13)24-10-11-25-20-17-12-15(26(2,21)22)8-9-16(17)18-19-20/h4-9,12H,3,10-11H2,1-2H3. The molecule has 0 saturated carbocycles. The molecule has 9 heteroatoms. The molecule has 1 aromatic heterocycles. The lowest BCUT2D eigenvalue weighted by Crippen LogP contribution is -2.19. The van der Waals surface area contributed by atoms with Crippen molar-refractivity contribution < 1.29 is 22.7 Å². The Hall–Kier alpha value is -2.81. The van der Waals surface area contributed by atoms with Crippen molar-refractivity contribution in [3.05, 3.63) is 42.5 Å². The Labute approximate surface area is 151 Å². The lowest BCUT2D eigenvalue weighted by Gasteiger charge is -2.09. The van der Waals surface area contributed by atoms with Gasteiger partial charge in [-0.1, -0.05) is 4.85 Å². The molecule has 0 aliphatic rings. The summed E-state index contributed by atoms with van der Waals surface area (Å²) in [6.45, 7) is 3.05. The van der Waals surface area contributed by atoms with Gasteiger partial charge in [-0.05, 0) is 54.6 Å². The maximum atomic E-state index is 11.7. The van der Waals surface area contributed by atoms with Crippen molar-refractivity contribution in [3.63, 3.8) is 0 Å². The number of benzene rings is 2. The Morgan fingerprint density at radius 2 is 1.69 bits per heavy atom. The predicted octanol–water partition coefficient (Wildman–Crippen LogP) is 1.74. The molecule has 1 heterocycles. The minimum atomic E-state index is -3.32. The van der Waals surface area contributed by atoms with Gasteiger partial charge in [0.25, 0.3) is 0 Å². The fourth-order valence-electron chi connectivity index (χ4n) is 2.29. The topological polar surface area (TPSA) is 92.5 Å². The number of rotatable bonds is 8. The Bertz CT molecular complexity index is 983. The van der Waals surface area contributed by atoms with E-state index < -0.39 is 9.84 Å². The van der Waals surface area contributed by atoms with Crippen molar-refractivity contribution in [1.29, 1.82) is 0 Å². The van der Waals surface area contributed by atoms with Gasteiger partial charge >= 0.3 is 0 Å². The molecule has 0 unspecified atom stereocenters. The smallest absolute Gasteiger partial charge is 0.175 e. The highest BCUT2D eigenvalue weighted by Crippen LogP contribution is 2.18. The van der Waals surface area contributed by atoms with Crippen LogP contribution in [0.15, 0.2) is 47.4 Å². The van der Waals surface area contributed by atoms with E-state index in [1.165, 1.54) is 17.0 Å². The second kappa shape index (κ2) is 7.61. The molecule has 2 aromatic carbocycles. The largest absolute Gasteiger partial charge is 0.494 e. The summed E-state index contributed by atoms with van der Waals surface area (Å²) in [7, 11) is -3.32. The first-order valence-corrected chi connectivity index (χ1v) is 9.91. The lowest BCUT2D eigenvalue weighted by atomic mass is 10.3. The molecule has 8 nitrogen and oxygen atoms in total. The molecule has 0 aliphatic heterocycles. The molecule has 0 aliphatic carbocycles. The van der Waals surface area contributed by atoms with Gasteiger partial charge in [0.05, 0.1) is 11.5 Å². The van der Waals surface area contributed by atoms with E-state index in [0.29, 0.717) is 30.0 Å². The quantitative estimate of drug-likeness (QED) is 0.552. The molecular weight excluding hydrogens is 358 g/mol. The zero-order chi connectivity index (χ0) is 18.6. The van der Waals surface area contributed by atoms with Crippen LogP contribution in [-0.2, 0) is 9.84 Å². The predicted molar refractivity (Wildman–Crippen MR) is 95.2 cm³/mol. The number of sulfone groups is 1. The first-order valence-electron chi connectivity index (χ1n) is 8.02. The number of hydrogen-bond acceptors (Lipinski definition) is 7. The van der Waals surface area contributed by atoms with E-state index in [2.05, 4.69) is 10.3 Å². The van der Waals surface area contributed by atoms with E-state index >= 15 is 0 Å². The van der Waals surface area contributed by atoms with Crippen LogP contribution in [0.25, 0.3) is 11.0 Å². The Kier molecular flexibility index (Phi) is 5.27. The lowest BCUT2D eigenvalue weighted by molar-refractivity contribution is 0.0639. The Morgan fingerprint density at radius 1 is 1.00 bits per heavy atom. The number of fused-ring (bicyclic) bond motifs is 1. The summed E-state index contributed by atoms with van der Waals surface area (Å²) in [4.78, 5) is 6.89. The van der Waals surface area contributed by atoms with Crippen LogP contribution in [-0.4, -0.2) is 49.7 Å². The van der Waals surface area contributed by atoms with Gasteiger partial charge in [-0.2, -0.15) is 0 Å². The molecule has 0 bridgehead atoms. The highest BCUT2D eigenvalue weighted by Gasteiger charge is 2.12. The van der Waals surface area contributed by atoms with Gasteiger partial charge < -0.3 is 14.3 Å². The summed E-state index contributed by atoms with van der Waals surface area (Å²) in [5.41, 5.74) is 1.03. The molecule has 138 valence electrons. The van der Waals surface area contributed by atoms with E-state index in [1.807, 2.05) is 31.2 Å². The van der Waals surface area contributed by atoms with Gasteiger partial charge in [-0.25, -0.2) is 8.42 Å². The summed E-state index contributed by atoms with van der Waals surface area (Å²) < 4.78 is 34.3. The summed E-state index contributed by atoms with van der Waals surface area (Å²) in [5, 5.41) is 7.82. The minimum Gasteiger partial charge on any atom is -0.494 e. The Balaban J connectivity index is 1.59. The van der Waals surface area contributed by atoms with Crippen LogP contribution in [0.1, 0.15) is 6.92 Å². The van der Waals surface area contributed by atoms with Gasteiger partial charge in [-0.15, -0.1) is 5.10 Å². The van der Waals surface area contributed by atoms with Crippen molar-refractivity contribution in [2.75, 3.05) is 26.1 Å². The highest BCUT2D eigenvalue weighted by atomic mass is 32.2. The summed E-state index contributed by atoms with van der Waals surface area (Å²) >= 11 is 0. The highest BCUT2D eigenvalue weighted by molar-refractivity contribution is 7.90. The van der Waals surface area contributed by atoms with Gasteiger partial charge in [0.1, 0.15) is 29.1 Å². The number of aromatic nitrogens is 3. The van der Waals surface area contributed by atoms with Crippen LogP contribution in [0.3, 0.4) is 0 Å². The molecule has 0 saturated heterocycles. The molecular formula is C17H19N3O5S. The molecule has 0 fully saturated rings. The van der Waals surface area contributed by atoms with E-state index in [1.54, 1.807) is 6.07 Å². The molecule has 0 spiro atoms. The second-order valence-corrected chi connectivity index (χ2v) is 7.49. The molecule has 0 atom stereocenters. The number of hydrogen-bond donors (Lipinski definition) is 0. The van der Waals surface area contributed by atoms with Gasteiger partial charge in [0.2, 0.25) is 0 Å². The average Bonchev–Trinajstić information content (AvgIpc) is 3.02. The van der Waals surface area contributed by atoms with Crippen LogP contribution in [0.5, 0.6) is 11.5 Å². The van der Waals surface area contributed by atoms with E-state index in [-0.39, 0.29) is 11.5 Å². The zero-order valence-corrected chi connectivity index (χ0v) is 15.3. The molecule has 3 rings (SSSR count). The number of ether oxygens (including phenoxy) is 2. The van der Waals surface area contributed by atoms with Gasteiger partial charge in [0.15, 0.2) is 16.4 Å². The zero-order valence-electron chi connectivity index (χ0n) is 14.5. The third-order valence-corrected chi connectivity index (χ3v) is 4.63. The van der Waals surface area contributed by atoms with Crippen LogP contribution in [0.4, 0.5) is 0 Å². The third kappa shape index (κ3) is 4.23. The van der Waals surface area contributed by atoms with Crippen molar-refractivity contribution in [3.8, 4) is 11.5 Å². The molecule has 3 aromatic rings. The minimum absolute atomic E-state index is 0.183. The van der Waals surface area contributed by atoms with E-state index in [4.69, 9.17) is 14.3 Å². The van der Waals surface area contributed by atoms with E-state index in [0.717, 1.165) is 12.0 Å². The molecule has 0 radical (unpaired) electrons. The number of nitrogens with zero attached hydrogens (tertiary/aromatic N) is 3. The summed E-state index contributed by atoms with van der Waals surface area (Å²) in [6, 6.07) is 11.9.